The van der Waals surface area contributed by atoms with Gasteiger partial charge in [0.15, 0.2) is 0 Å². The predicted octanol–water partition coefficient (Wildman–Crippen LogP) is 1.10. The molecule has 2 bridgehead atoms. The van der Waals surface area contributed by atoms with Crippen molar-refractivity contribution < 1.29 is 4.79 Å². The summed E-state index contributed by atoms with van der Waals surface area (Å²) in [4.78, 5) is 14.0. The van der Waals surface area contributed by atoms with Gasteiger partial charge in [0.05, 0.1) is 0 Å². The predicted molar refractivity (Wildman–Crippen MR) is 60.5 cm³/mol. The van der Waals surface area contributed by atoms with Crippen molar-refractivity contribution in [2.75, 3.05) is 26.2 Å². The molecule has 0 spiro atoms. The number of nitrogens with one attached hydrogen (secondary N) is 1. The van der Waals surface area contributed by atoms with Gasteiger partial charge in [-0.1, -0.05) is 13.8 Å². The molecule has 2 saturated heterocycles. The number of amides is 1. The number of nitrogens with zero attached hydrogens (tertiary/aromatic N) is 1. The Bertz CT molecular complexity index is 228. The number of piperidine rings is 2. The second kappa shape index (κ2) is 4.52. The van der Waals surface area contributed by atoms with Crippen molar-refractivity contribution in [3.63, 3.8) is 0 Å². The maximum atomic E-state index is 11.9. The minimum atomic E-state index is 0.363. The molecule has 0 aromatic heterocycles. The lowest BCUT2D eigenvalue weighted by Gasteiger charge is -2.41. The lowest BCUT2D eigenvalue weighted by Crippen LogP contribution is -2.52. The van der Waals surface area contributed by atoms with E-state index in [0.717, 1.165) is 26.2 Å². The van der Waals surface area contributed by atoms with Crippen LogP contribution in [-0.4, -0.2) is 37.0 Å². The van der Waals surface area contributed by atoms with Crippen molar-refractivity contribution >= 4 is 5.91 Å². The van der Waals surface area contributed by atoms with Gasteiger partial charge >= 0.3 is 0 Å². The van der Waals surface area contributed by atoms with Crippen LogP contribution in [0.4, 0.5) is 0 Å². The zero-order valence-electron chi connectivity index (χ0n) is 9.83. The standard InChI is InChI=1S/C12H22N2O/c1-9(2)3-12(15)14-7-10-4-11(8-14)6-13-5-10/h9-11,13H,3-8H2,1-2H3. The van der Waals surface area contributed by atoms with Crippen molar-refractivity contribution in [1.29, 1.82) is 0 Å². The quantitative estimate of drug-likeness (QED) is 0.740. The number of hydrogen-bond acceptors (Lipinski definition) is 2. The van der Waals surface area contributed by atoms with E-state index in [1.54, 1.807) is 0 Å². The summed E-state index contributed by atoms with van der Waals surface area (Å²) in [7, 11) is 0. The van der Waals surface area contributed by atoms with E-state index < -0.39 is 0 Å². The number of carbonyl (C=O) groups is 1. The highest BCUT2D eigenvalue weighted by molar-refractivity contribution is 5.76. The minimum Gasteiger partial charge on any atom is -0.342 e. The van der Waals surface area contributed by atoms with Gasteiger partial charge in [-0.3, -0.25) is 4.79 Å². The second-order valence-electron chi connectivity index (χ2n) is 5.52. The third-order valence-electron chi connectivity index (χ3n) is 3.43. The van der Waals surface area contributed by atoms with Crippen LogP contribution in [-0.2, 0) is 4.79 Å². The summed E-state index contributed by atoms with van der Waals surface area (Å²) in [6.45, 7) is 8.39. The van der Waals surface area contributed by atoms with Crippen molar-refractivity contribution in [1.82, 2.24) is 10.2 Å². The third kappa shape index (κ3) is 2.71. The molecule has 3 nitrogen and oxygen atoms in total. The summed E-state index contributed by atoms with van der Waals surface area (Å²) < 4.78 is 0. The molecular weight excluding hydrogens is 188 g/mol. The van der Waals surface area contributed by atoms with Gasteiger partial charge in [0.1, 0.15) is 0 Å². The fourth-order valence-corrected chi connectivity index (χ4v) is 2.79. The Balaban J connectivity index is 1.90. The van der Waals surface area contributed by atoms with Gasteiger partial charge in [-0.05, 0) is 37.3 Å². The van der Waals surface area contributed by atoms with Crippen LogP contribution >= 0.6 is 0 Å². The van der Waals surface area contributed by atoms with Crippen LogP contribution in [0, 0.1) is 17.8 Å². The van der Waals surface area contributed by atoms with Crippen molar-refractivity contribution in [3.8, 4) is 0 Å². The van der Waals surface area contributed by atoms with E-state index in [4.69, 9.17) is 0 Å². The SMILES string of the molecule is CC(C)CC(=O)N1CC2CNCC(C2)C1. The summed E-state index contributed by atoms with van der Waals surface area (Å²) in [5.74, 6) is 2.25. The molecule has 2 unspecified atom stereocenters. The molecule has 2 aliphatic heterocycles. The third-order valence-corrected chi connectivity index (χ3v) is 3.43. The zero-order chi connectivity index (χ0) is 10.8. The van der Waals surface area contributed by atoms with E-state index in [1.165, 1.54) is 6.42 Å². The summed E-state index contributed by atoms with van der Waals surface area (Å²) >= 11 is 0. The van der Waals surface area contributed by atoms with E-state index in [2.05, 4.69) is 24.1 Å². The summed E-state index contributed by atoms with van der Waals surface area (Å²) in [6.07, 6.45) is 2.03. The van der Waals surface area contributed by atoms with Crippen molar-refractivity contribution in [2.45, 2.75) is 26.7 Å². The first-order valence-corrected chi connectivity index (χ1v) is 6.13. The van der Waals surface area contributed by atoms with Gasteiger partial charge in [-0.15, -0.1) is 0 Å². The molecule has 1 N–H and O–H groups in total. The Kier molecular flexibility index (Phi) is 3.29. The van der Waals surface area contributed by atoms with E-state index in [9.17, 15) is 4.79 Å². The Morgan fingerprint density at radius 3 is 2.47 bits per heavy atom. The number of hydrogen-bond donors (Lipinski definition) is 1. The molecule has 0 aliphatic carbocycles. The number of fused-ring (bicyclic) bond motifs is 2. The van der Waals surface area contributed by atoms with E-state index in [0.29, 0.717) is 30.1 Å². The molecule has 15 heavy (non-hydrogen) atoms. The van der Waals surface area contributed by atoms with Crippen LogP contribution in [0.1, 0.15) is 26.7 Å². The molecule has 2 atom stereocenters. The average Bonchev–Trinajstić information content (AvgIpc) is 2.16. The summed E-state index contributed by atoms with van der Waals surface area (Å²) in [5, 5.41) is 3.45. The van der Waals surface area contributed by atoms with Gasteiger partial charge in [0.2, 0.25) is 5.91 Å². The van der Waals surface area contributed by atoms with Gasteiger partial charge in [0, 0.05) is 19.5 Å². The molecule has 0 aromatic rings. The fraction of sp³-hybridized carbons (Fsp3) is 0.917. The Labute approximate surface area is 92.2 Å². The lowest BCUT2D eigenvalue weighted by atomic mass is 9.85. The van der Waals surface area contributed by atoms with Gasteiger partial charge < -0.3 is 10.2 Å². The van der Waals surface area contributed by atoms with Crippen LogP contribution in [0.25, 0.3) is 0 Å². The van der Waals surface area contributed by atoms with Gasteiger partial charge in [0.25, 0.3) is 0 Å². The fourth-order valence-electron chi connectivity index (χ4n) is 2.79. The molecule has 2 fully saturated rings. The molecule has 2 heterocycles. The summed E-state index contributed by atoms with van der Waals surface area (Å²) in [5.41, 5.74) is 0. The highest BCUT2D eigenvalue weighted by atomic mass is 16.2. The van der Waals surface area contributed by atoms with Crippen LogP contribution in [0.3, 0.4) is 0 Å². The van der Waals surface area contributed by atoms with Crippen LogP contribution in [0.15, 0.2) is 0 Å². The first-order chi connectivity index (χ1) is 7.15. The maximum Gasteiger partial charge on any atom is 0.222 e. The average molecular weight is 210 g/mol. The highest BCUT2D eigenvalue weighted by Crippen LogP contribution is 2.25. The number of likely N-dealkylation sites (tertiary alicyclic amines) is 1. The monoisotopic (exact) mass is 210 g/mol. The highest BCUT2D eigenvalue weighted by Gasteiger charge is 2.32. The largest absolute Gasteiger partial charge is 0.342 e. The van der Waals surface area contributed by atoms with Gasteiger partial charge in [-0.2, -0.15) is 0 Å². The molecule has 86 valence electrons. The summed E-state index contributed by atoms with van der Waals surface area (Å²) in [6, 6.07) is 0. The molecule has 2 rings (SSSR count). The Hall–Kier alpha value is -0.570. The lowest BCUT2D eigenvalue weighted by molar-refractivity contribution is -0.135. The van der Waals surface area contributed by atoms with E-state index in [-0.39, 0.29) is 0 Å². The molecule has 1 amide bonds. The van der Waals surface area contributed by atoms with Crippen LogP contribution in [0.2, 0.25) is 0 Å². The van der Waals surface area contributed by atoms with Crippen molar-refractivity contribution in [2.24, 2.45) is 17.8 Å². The molecular formula is C12H22N2O. The van der Waals surface area contributed by atoms with Crippen LogP contribution in [0.5, 0.6) is 0 Å². The molecule has 3 heteroatoms. The zero-order valence-corrected chi connectivity index (χ0v) is 9.83. The minimum absolute atomic E-state index is 0.363. The topological polar surface area (TPSA) is 32.3 Å². The molecule has 0 aromatic carbocycles. The Morgan fingerprint density at radius 1 is 1.33 bits per heavy atom. The van der Waals surface area contributed by atoms with Crippen LogP contribution < -0.4 is 5.32 Å². The first-order valence-electron chi connectivity index (χ1n) is 6.13. The Morgan fingerprint density at radius 2 is 1.93 bits per heavy atom. The molecule has 0 saturated carbocycles. The number of rotatable bonds is 2. The number of carbonyl (C=O) groups excluding carboxylic acids is 1. The smallest absolute Gasteiger partial charge is 0.222 e. The van der Waals surface area contributed by atoms with E-state index in [1.807, 2.05) is 0 Å². The normalized spacial score (nSPS) is 30.7. The van der Waals surface area contributed by atoms with E-state index >= 15 is 0 Å². The molecule has 0 radical (unpaired) electrons. The second-order valence-corrected chi connectivity index (χ2v) is 5.52. The van der Waals surface area contributed by atoms with Crippen molar-refractivity contribution in [3.05, 3.63) is 0 Å². The first kappa shape index (κ1) is 10.9. The molecule has 2 aliphatic rings. The van der Waals surface area contributed by atoms with Gasteiger partial charge in [-0.25, -0.2) is 0 Å². The maximum absolute atomic E-state index is 11.9.